The van der Waals surface area contributed by atoms with E-state index in [1.165, 1.54) is 0 Å². The van der Waals surface area contributed by atoms with Gasteiger partial charge in [0, 0.05) is 12.1 Å². The van der Waals surface area contributed by atoms with Gasteiger partial charge in [-0.15, -0.1) is 0 Å². The zero-order chi connectivity index (χ0) is 12.5. The quantitative estimate of drug-likeness (QED) is 0.633. The number of nitrogens with zero attached hydrogens (tertiary/aromatic N) is 2. The summed E-state index contributed by atoms with van der Waals surface area (Å²) in [6, 6.07) is 1.58. The standard InChI is InChI=1S/C7H4ClN3O5/c8-6-4(10(13)14)1-3(7(9)12)2-5(6)11(15)16/h1-2H,(H2,9,12). The predicted octanol–water partition coefficient (Wildman–Crippen LogP) is 1.26. The monoisotopic (exact) mass is 245 g/mol. The van der Waals surface area contributed by atoms with E-state index in [0.29, 0.717) is 0 Å². The molecule has 0 bridgehead atoms. The van der Waals surface area contributed by atoms with Crippen LogP contribution in [0.1, 0.15) is 10.4 Å². The van der Waals surface area contributed by atoms with E-state index in [1.54, 1.807) is 0 Å². The van der Waals surface area contributed by atoms with Gasteiger partial charge in [0.25, 0.3) is 11.4 Å². The van der Waals surface area contributed by atoms with Gasteiger partial charge in [-0.05, 0) is 0 Å². The molecule has 84 valence electrons. The second-order valence-electron chi connectivity index (χ2n) is 2.71. The molecule has 0 aliphatic rings. The molecule has 9 heteroatoms. The molecule has 0 unspecified atom stereocenters. The van der Waals surface area contributed by atoms with Crippen molar-refractivity contribution in [2.75, 3.05) is 0 Å². The second kappa shape index (κ2) is 4.11. The summed E-state index contributed by atoms with van der Waals surface area (Å²) in [7, 11) is 0. The summed E-state index contributed by atoms with van der Waals surface area (Å²) in [5.74, 6) is -1.01. The summed E-state index contributed by atoms with van der Waals surface area (Å²) in [5.41, 5.74) is 3.07. The minimum atomic E-state index is -1.01. The van der Waals surface area contributed by atoms with Gasteiger partial charge in [-0.2, -0.15) is 0 Å². The van der Waals surface area contributed by atoms with Crippen molar-refractivity contribution in [3.05, 3.63) is 42.9 Å². The van der Waals surface area contributed by atoms with Crippen LogP contribution in [0.5, 0.6) is 0 Å². The second-order valence-corrected chi connectivity index (χ2v) is 3.08. The summed E-state index contributed by atoms with van der Waals surface area (Å²) >= 11 is 5.44. The molecule has 0 heterocycles. The molecule has 0 aromatic heterocycles. The average molecular weight is 246 g/mol. The molecule has 8 nitrogen and oxygen atoms in total. The first-order valence-electron chi connectivity index (χ1n) is 3.76. The molecular formula is C7H4ClN3O5. The van der Waals surface area contributed by atoms with Crippen LogP contribution in [0, 0.1) is 20.2 Å². The van der Waals surface area contributed by atoms with Crippen molar-refractivity contribution in [1.82, 2.24) is 0 Å². The molecule has 0 saturated heterocycles. The Morgan fingerprint density at radius 3 is 1.81 bits per heavy atom. The van der Waals surface area contributed by atoms with Crippen LogP contribution in [0.4, 0.5) is 11.4 Å². The Balaban J connectivity index is 3.57. The van der Waals surface area contributed by atoms with Gasteiger partial charge in [0.15, 0.2) is 5.02 Å². The van der Waals surface area contributed by atoms with Crippen LogP contribution in [0.2, 0.25) is 5.02 Å². The number of nitrogens with two attached hydrogens (primary N) is 1. The predicted molar refractivity (Wildman–Crippen MR) is 53.3 cm³/mol. The zero-order valence-electron chi connectivity index (χ0n) is 7.55. The van der Waals surface area contributed by atoms with Gasteiger partial charge < -0.3 is 5.73 Å². The van der Waals surface area contributed by atoms with Crippen LogP contribution in [0.25, 0.3) is 0 Å². The van der Waals surface area contributed by atoms with Crippen molar-refractivity contribution in [2.24, 2.45) is 5.73 Å². The van der Waals surface area contributed by atoms with Crippen LogP contribution in [0.3, 0.4) is 0 Å². The van der Waals surface area contributed by atoms with E-state index in [4.69, 9.17) is 17.3 Å². The highest BCUT2D eigenvalue weighted by atomic mass is 35.5. The lowest BCUT2D eigenvalue weighted by molar-refractivity contribution is -0.393. The fraction of sp³-hybridized carbons (Fsp3) is 0. The number of nitro benzene ring substituents is 2. The SMILES string of the molecule is NC(=O)c1cc([N+](=O)[O-])c(Cl)c([N+](=O)[O-])c1. The van der Waals surface area contributed by atoms with Crippen LogP contribution < -0.4 is 5.73 Å². The fourth-order valence-electron chi connectivity index (χ4n) is 1.00. The molecule has 0 saturated carbocycles. The smallest absolute Gasteiger partial charge is 0.295 e. The molecular weight excluding hydrogens is 242 g/mol. The van der Waals surface area contributed by atoms with Gasteiger partial charge in [-0.3, -0.25) is 25.0 Å². The Hall–Kier alpha value is -2.22. The van der Waals surface area contributed by atoms with Crippen molar-refractivity contribution >= 4 is 28.9 Å². The Bertz CT molecular complexity index is 466. The van der Waals surface area contributed by atoms with Gasteiger partial charge in [0.2, 0.25) is 5.91 Å². The molecule has 1 amide bonds. The Kier molecular flexibility index (Phi) is 3.04. The number of hydrogen-bond donors (Lipinski definition) is 1. The Labute approximate surface area is 92.9 Å². The number of carbonyl (C=O) groups excluding carboxylic acids is 1. The lowest BCUT2D eigenvalue weighted by Crippen LogP contribution is -2.12. The lowest BCUT2D eigenvalue weighted by Gasteiger charge is -2.00. The summed E-state index contributed by atoms with van der Waals surface area (Å²) < 4.78 is 0. The highest BCUT2D eigenvalue weighted by Gasteiger charge is 2.26. The maximum Gasteiger partial charge on any atom is 0.295 e. The van der Waals surface area contributed by atoms with Crippen LogP contribution >= 0.6 is 11.6 Å². The molecule has 1 aromatic rings. The number of carbonyl (C=O) groups is 1. The molecule has 0 aliphatic heterocycles. The van der Waals surface area contributed by atoms with Gasteiger partial charge >= 0.3 is 0 Å². The summed E-state index contributed by atoms with van der Waals surface area (Å²) in [6.07, 6.45) is 0. The molecule has 0 radical (unpaired) electrons. The van der Waals surface area contributed by atoms with Gasteiger partial charge in [0.1, 0.15) is 0 Å². The van der Waals surface area contributed by atoms with E-state index >= 15 is 0 Å². The Morgan fingerprint density at radius 2 is 1.56 bits per heavy atom. The van der Waals surface area contributed by atoms with E-state index in [2.05, 4.69) is 0 Å². The molecule has 1 rings (SSSR count). The fourth-order valence-corrected chi connectivity index (χ4v) is 1.25. The van der Waals surface area contributed by atoms with Gasteiger partial charge in [0.05, 0.1) is 15.4 Å². The third-order valence-electron chi connectivity index (χ3n) is 1.71. The number of halogens is 1. The molecule has 16 heavy (non-hydrogen) atoms. The third-order valence-corrected chi connectivity index (χ3v) is 2.10. The van der Waals surface area contributed by atoms with E-state index in [-0.39, 0.29) is 5.56 Å². The van der Waals surface area contributed by atoms with Crippen molar-refractivity contribution in [3.63, 3.8) is 0 Å². The van der Waals surface area contributed by atoms with Crippen LogP contribution in [-0.2, 0) is 0 Å². The molecule has 0 atom stereocenters. The molecule has 2 N–H and O–H groups in total. The zero-order valence-corrected chi connectivity index (χ0v) is 8.30. The van der Waals surface area contributed by atoms with Crippen molar-refractivity contribution < 1.29 is 14.6 Å². The first kappa shape index (κ1) is 11.9. The third kappa shape index (κ3) is 2.06. The number of hydrogen-bond acceptors (Lipinski definition) is 5. The molecule has 1 aromatic carbocycles. The van der Waals surface area contributed by atoms with Crippen molar-refractivity contribution in [1.29, 1.82) is 0 Å². The molecule has 0 fully saturated rings. The largest absolute Gasteiger partial charge is 0.366 e. The highest BCUT2D eigenvalue weighted by Crippen LogP contribution is 2.34. The molecule has 0 aliphatic carbocycles. The van der Waals surface area contributed by atoms with Crippen molar-refractivity contribution in [3.8, 4) is 0 Å². The number of amides is 1. The normalized spacial score (nSPS) is 9.81. The van der Waals surface area contributed by atoms with E-state index < -0.39 is 32.2 Å². The molecule has 0 spiro atoms. The van der Waals surface area contributed by atoms with Gasteiger partial charge in [-0.1, -0.05) is 11.6 Å². The highest BCUT2D eigenvalue weighted by molar-refractivity contribution is 6.35. The summed E-state index contributed by atoms with van der Waals surface area (Å²) in [4.78, 5) is 30.0. The minimum Gasteiger partial charge on any atom is -0.366 e. The van der Waals surface area contributed by atoms with E-state index in [1.807, 2.05) is 0 Å². The van der Waals surface area contributed by atoms with Crippen LogP contribution in [0.15, 0.2) is 12.1 Å². The number of rotatable bonds is 3. The first-order valence-corrected chi connectivity index (χ1v) is 4.14. The van der Waals surface area contributed by atoms with Crippen molar-refractivity contribution in [2.45, 2.75) is 0 Å². The maximum atomic E-state index is 10.8. The maximum absolute atomic E-state index is 10.8. The number of benzene rings is 1. The Morgan fingerprint density at radius 1 is 1.19 bits per heavy atom. The minimum absolute atomic E-state index is 0.345. The van der Waals surface area contributed by atoms with E-state index in [9.17, 15) is 25.0 Å². The summed E-state index contributed by atoms with van der Waals surface area (Å²) in [6.45, 7) is 0. The topological polar surface area (TPSA) is 129 Å². The summed E-state index contributed by atoms with van der Waals surface area (Å²) in [5, 5.41) is 20.4. The number of primary amides is 1. The van der Waals surface area contributed by atoms with Gasteiger partial charge in [-0.25, -0.2) is 0 Å². The van der Waals surface area contributed by atoms with Crippen LogP contribution in [-0.4, -0.2) is 15.8 Å². The lowest BCUT2D eigenvalue weighted by atomic mass is 10.1. The van der Waals surface area contributed by atoms with E-state index in [0.717, 1.165) is 12.1 Å². The first-order chi connectivity index (χ1) is 7.34. The number of nitro groups is 2. The average Bonchev–Trinajstić information content (AvgIpc) is 2.16.